The van der Waals surface area contributed by atoms with E-state index in [1.54, 1.807) is 0 Å². The largest absolute Gasteiger partial charge is 0.490 e. The van der Waals surface area contributed by atoms with Crippen LogP contribution in [0.4, 0.5) is 0 Å². The first-order valence-corrected chi connectivity index (χ1v) is 6.73. The summed E-state index contributed by atoms with van der Waals surface area (Å²) in [7, 11) is 1.98. The van der Waals surface area contributed by atoms with Gasteiger partial charge < -0.3 is 10.1 Å². The number of aryl methyl sites for hydroxylation is 1. The van der Waals surface area contributed by atoms with Crippen LogP contribution in [0.2, 0.25) is 0 Å². The van der Waals surface area contributed by atoms with Crippen LogP contribution in [0.5, 0.6) is 5.75 Å². The van der Waals surface area contributed by atoms with Crippen LogP contribution in [0, 0.1) is 0 Å². The first-order chi connectivity index (χ1) is 8.31. The zero-order chi connectivity index (χ0) is 12.1. The molecule has 17 heavy (non-hydrogen) atoms. The summed E-state index contributed by atoms with van der Waals surface area (Å²) in [6, 6.07) is 6.50. The predicted octanol–water partition coefficient (Wildman–Crippen LogP) is 2.94. The molecule has 0 fully saturated rings. The van der Waals surface area contributed by atoms with E-state index < -0.39 is 0 Å². The van der Waals surface area contributed by atoms with Crippen LogP contribution in [0.1, 0.15) is 37.3 Å². The number of nitrogens with one attached hydrogen (secondary N) is 1. The highest BCUT2D eigenvalue weighted by molar-refractivity contribution is 5.41. The van der Waals surface area contributed by atoms with Crippen molar-refractivity contribution in [3.05, 3.63) is 29.3 Å². The minimum absolute atomic E-state index is 0.288. The summed E-state index contributed by atoms with van der Waals surface area (Å²) in [5.74, 6) is 1.12. The molecule has 0 aliphatic heterocycles. The van der Waals surface area contributed by atoms with Crippen molar-refractivity contribution < 1.29 is 4.74 Å². The van der Waals surface area contributed by atoms with Crippen LogP contribution in [0.3, 0.4) is 0 Å². The van der Waals surface area contributed by atoms with Crippen molar-refractivity contribution in [3.8, 4) is 5.75 Å². The molecule has 0 amide bonds. The number of hydrogen-bond donors (Lipinski definition) is 1. The summed E-state index contributed by atoms with van der Waals surface area (Å²) in [5.41, 5.74) is 2.95. The third-order valence-corrected chi connectivity index (χ3v) is 3.48. The molecule has 94 valence electrons. The van der Waals surface area contributed by atoms with Gasteiger partial charge in [0.2, 0.25) is 0 Å². The molecule has 1 aliphatic carbocycles. The summed E-state index contributed by atoms with van der Waals surface area (Å²) < 4.78 is 6.07. The normalized spacial score (nSPS) is 16.4. The standard InChI is InChI=1S/C15H23NO/c1-12(10-11-16-2)17-15-9-5-7-13-6-3-4-8-14(13)15/h5,7,9,12,16H,3-4,6,8,10-11H2,1-2H3. The third-order valence-electron chi connectivity index (χ3n) is 3.48. The molecule has 1 aromatic rings. The molecule has 0 radical (unpaired) electrons. The van der Waals surface area contributed by atoms with Crippen LogP contribution < -0.4 is 10.1 Å². The number of fused-ring (bicyclic) bond motifs is 1. The monoisotopic (exact) mass is 233 g/mol. The summed E-state index contributed by atoms with van der Waals surface area (Å²) in [5, 5.41) is 3.17. The van der Waals surface area contributed by atoms with Gasteiger partial charge >= 0.3 is 0 Å². The molecule has 0 aromatic heterocycles. The summed E-state index contributed by atoms with van der Waals surface area (Å²) in [4.78, 5) is 0. The molecule has 2 rings (SSSR count). The third kappa shape index (κ3) is 3.22. The summed E-state index contributed by atoms with van der Waals surface area (Å²) >= 11 is 0. The number of benzene rings is 1. The average molecular weight is 233 g/mol. The number of hydrogen-bond acceptors (Lipinski definition) is 2. The molecular weight excluding hydrogens is 210 g/mol. The van der Waals surface area contributed by atoms with Gasteiger partial charge in [0.1, 0.15) is 5.75 Å². The minimum Gasteiger partial charge on any atom is -0.490 e. The highest BCUT2D eigenvalue weighted by atomic mass is 16.5. The van der Waals surface area contributed by atoms with E-state index >= 15 is 0 Å². The van der Waals surface area contributed by atoms with Gasteiger partial charge in [-0.25, -0.2) is 0 Å². The molecule has 1 N–H and O–H groups in total. The minimum atomic E-state index is 0.288. The van der Waals surface area contributed by atoms with E-state index in [1.165, 1.54) is 36.8 Å². The van der Waals surface area contributed by atoms with E-state index in [4.69, 9.17) is 4.74 Å². The lowest BCUT2D eigenvalue weighted by atomic mass is 9.91. The first kappa shape index (κ1) is 12.4. The van der Waals surface area contributed by atoms with Crippen molar-refractivity contribution in [2.75, 3.05) is 13.6 Å². The van der Waals surface area contributed by atoms with E-state index in [1.807, 2.05) is 7.05 Å². The Kier molecular flexibility index (Phi) is 4.43. The summed E-state index contributed by atoms with van der Waals surface area (Å²) in [6.07, 6.45) is 6.38. The second kappa shape index (κ2) is 6.06. The van der Waals surface area contributed by atoms with Crippen LogP contribution in [-0.2, 0) is 12.8 Å². The average Bonchev–Trinajstić information content (AvgIpc) is 2.37. The lowest BCUT2D eigenvalue weighted by molar-refractivity contribution is 0.208. The van der Waals surface area contributed by atoms with Crippen LogP contribution in [0.25, 0.3) is 0 Å². The Labute approximate surface area is 104 Å². The molecule has 2 nitrogen and oxygen atoms in total. The lowest BCUT2D eigenvalue weighted by Gasteiger charge is -2.22. The van der Waals surface area contributed by atoms with Gasteiger partial charge in [-0.1, -0.05) is 12.1 Å². The lowest BCUT2D eigenvalue weighted by Crippen LogP contribution is -2.20. The molecule has 1 unspecified atom stereocenters. The maximum Gasteiger partial charge on any atom is 0.123 e. The molecule has 2 heteroatoms. The van der Waals surface area contributed by atoms with Crippen LogP contribution >= 0.6 is 0 Å². The Hall–Kier alpha value is -1.02. The molecule has 0 saturated heterocycles. The molecule has 0 spiro atoms. The Morgan fingerprint density at radius 1 is 1.29 bits per heavy atom. The Bertz CT molecular complexity index is 362. The Morgan fingerprint density at radius 2 is 2.12 bits per heavy atom. The smallest absolute Gasteiger partial charge is 0.123 e. The van der Waals surface area contributed by atoms with E-state index in [-0.39, 0.29) is 6.10 Å². The first-order valence-electron chi connectivity index (χ1n) is 6.73. The van der Waals surface area contributed by atoms with Gasteiger partial charge in [-0.3, -0.25) is 0 Å². The number of ether oxygens (including phenoxy) is 1. The van der Waals surface area contributed by atoms with Gasteiger partial charge in [0.05, 0.1) is 6.10 Å². The van der Waals surface area contributed by atoms with Crippen molar-refractivity contribution >= 4 is 0 Å². The topological polar surface area (TPSA) is 21.3 Å². The van der Waals surface area contributed by atoms with Crippen LogP contribution in [-0.4, -0.2) is 19.7 Å². The fourth-order valence-corrected chi connectivity index (χ4v) is 2.48. The molecule has 1 atom stereocenters. The highest BCUT2D eigenvalue weighted by Gasteiger charge is 2.15. The van der Waals surface area contributed by atoms with Crippen molar-refractivity contribution in [1.82, 2.24) is 5.32 Å². The zero-order valence-electron chi connectivity index (χ0n) is 11.0. The maximum atomic E-state index is 6.07. The molecule has 1 aromatic carbocycles. The SMILES string of the molecule is CNCCC(C)Oc1cccc2c1CCCC2. The summed E-state index contributed by atoms with van der Waals surface area (Å²) in [6.45, 7) is 3.16. The Morgan fingerprint density at radius 3 is 2.94 bits per heavy atom. The van der Waals surface area contributed by atoms with E-state index in [0.29, 0.717) is 0 Å². The highest BCUT2D eigenvalue weighted by Crippen LogP contribution is 2.30. The van der Waals surface area contributed by atoms with Gasteiger partial charge in [-0.05, 0) is 69.8 Å². The number of rotatable bonds is 5. The van der Waals surface area contributed by atoms with Gasteiger partial charge in [-0.2, -0.15) is 0 Å². The molecular formula is C15H23NO. The van der Waals surface area contributed by atoms with E-state index in [0.717, 1.165) is 18.7 Å². The van der Waals surface area contributed by atoms with Crippen molar-refractivity contribution in [1.29, 1.82) is 0 Å². The van der Waals surface area contributed by atoms with Gasteiger partial charge in [-0.15, -0.1) is 0 Å². The molecule has 0 saturated carbocycles. The van der Waals surface area contributed by atoms with Crippen molar-refractivity contribution in [3.63, 3.8) is 0 Å². The van der Waals surface area contributed by atoms with E-state index in [2.05, 4.69) is 30.4 Å². The van der Waals surface area contributed by atoms with Gasteiger partial charge in [0, 0.05) is 0 Å². The predicted molar refractivity (Wildman–Crippen MR) is 71.7 cm³/mol. The maximum absolute atomic E-state index is 6.07. The zero-order valence-corrected chi connectivity index (χ0v) is 11.0. The molecule has 1 aliphatic rings. The van der Waals surface area contributed by atoms with E-state index in [9.17, 15) is 0 Å². The van der Waals surface area contributed by atoms with Crippen molar-refractivity contribution in [2.45, 2.75) is 45.1 Å². The molecule has 0 heterocycles. The van der Waals surface area contributed by atoms with Gasteiger partial charge in [0.25, 0.3) is 0 Å². The van der Waals surface area contributed by atoms with Gasteiger partial charge in [0.15, 0.2) is 0 Å². The fourth-order valence-electron chi connectivity index (χ4n) is 2.48. The second-order valence-corrected chi connectivity index (χ2v) is 4.92. The van der Waals surface area contributed by atoms with Crippen LogP contribution in [0.15, 0.2) is 18.2 Å². The fraction of sp³-hybridized carbons (Fsp3) is 0.600. The Balaban J connectivity index is 2.05. The quantitative estimate of drug-likeness (QED) is 0.844. The molecule has 0 bridgehead atoms. The second-order valence-electron chi connectivity index (χ2n) is 4.92. The van der Waals surface area contributed by atoms with Crippen molar-refractivity contribution in [2.24, 2.45) is 0 Å².